The number of benzene rings is 1. The van der Waals surface area contributed by atoms with E-state index in [4.69, 9.17) is 4.74 Å². The molecule has 1 aromatic carbocycles. The first-order chi connectivity index (χ1) is 10.8. The fraction of sp³-hybridized carbons (Fsp3) is 0.611. The number of ether oxygens (including phenoxy) is 1. The molecule has 2 rings (SSSR count). The molecule has 1 amide bonds. The lowest BCUT2D eigenvalue weighted by molar-refractivity contribution is 0.0114. The summed E-state index contributed by atoms with van der Waals surface area (Å²) in [6.07, 6.45) is 2.75. The number of rotatable bonds is 3. The molecule has 1 aliphatic rings. The predicted molar refractivity (Wildman–Crippen MR) is 90.2 cm³/mol. The van der Waals surface area contributed by atoms with Crippen molar-refractivity contribution in [3.05, 3.63) is 29.6 Å². The Hall–Kier alpha value is -1.78. The van der Waals surface area contributed by atoms with Crippen molar-refractivity contribution in [1.29, 1.82) is 0 Å². The monoisotopic (exact) mass is 322 g/mol. The van der Waals surface area contributed by atoms with Crippen LogP contribution in [0.2, 0.25) is 0 Å². The van der Waals surface area contributed by atoms with Crippen LogP contribution in [0.1, 0.15) is 45.6 Å². The van der Waals surface area contributed by atoms with E-state index >= 15 is 0 Å². The lowest BCUT2D eigenvalue weighted by Crippen LogP contribution is -2.48. The van der Waals surface area contributed by atoms with E-state index in [0.29, 0.717) is 13.1 Å². The summed E-state index contributed by atoms with van der Waals surface area (Å²) in [7, 11) is 0. The van der Waals surface area contributed by atoms with Crippen LogP contribution in [0.4, 0.5) is 14.9 Å². The van der Waals surface area contributed by atoms with Crippen LogP contribution < -0.4 is 5.32 Å². The predicted octanol–water partition coefficient (Wildman–Crippen LogP) is 4.34. The van der Waals surface area contributed by atoms with Crippen molar-refractivity contribution in [2.45, 2.75) is 58.6 Å². The summed E-state index contributed by atoms with van der Waals surface area (Å²) in [6, 6.07) is 4.77. The molecular formula is C18H27FN2O2. The Bertz CT molecular complexity index is 554. The summed E-state index contributed by atoms with van der Waals surface area (Å²) in [5, 5.41) is 3.28. The van der Waals surface area contributed by atoms with Crippen molar-refractivity contribution in [2.24, 2.45) is 0 Å². The lowest BCUT2D eigenvalue weighted by Gasteiger charge is -2.37. The summed E-state index contributed by atoms with van der Waals surface area (Å²) in [5.41, 5.74) is 1.27. The third-order valence-electron chi connectivity index (χ3n) is 3.98. The molecule has 128 valence electrons. The molecule has 1 atom stereocenters. The first-order valence-corrected chi connectivity index (χ1v) is 8.26. The molecule has 1 N–H and O–H groups in total. The number of likely N-dealkylation sites (tertiary alicyclic amines) is 1. The van der Waals surface area contributed by atoms with Crippen LogP contribution in [-0.4, -0.2) is 35.7 Å². The number of hydrogen-bond acceptors (Lipinski definition) is 3. The number of hydrogen-bond donors (Lipinski definition) is 1. The fourth-order valence-electron chi connectivity index (χ4n) is 2.79. The van der Waals surface area contributed by atoms with Gasteiger partial charge in [-0.05, 0) is 64.7 Å². The van der Waals surface area contributed by atoms with E-state index in [2.05, 4.69) is 5.32 Å². The lowest BCUT2D eigenvalue weighted by atomic mass is 10.0. The maximum atomic E-state index is 13.4. The van der Waals surface area contributed by atoms with Crippen LogP contribution in [0.25, 0.3) is 0 Å². The third-order valence-corrected chi connectivity index (χ3v) is 3.98. The van der Waals surface area contributed by atoms with Gasteiger partial charge in [0.2, 0.25) is 0 Å². The van der Waals surface area contributed by atoms with Gasteiger partial charge >= 0.3 is 6.09 Å². The average molecular weight is 322 g/mol. The highest BCUT2D eigenvalue weighted by molar-refractivity contribution is 5.69. The second-order valence-electron chi connectivity index (χ2n) is 7.16. The number of piperidine rings is 1. The molecule has 0 saturated carbocycles. The molecule has 0 aromatic heterocycles. The topological polar surface area (TPSA) is 41.6 Å². The molecule has 0 spiro atoms. The van der Waals surface area contributed by atoms with E-state index in [9.17, 15) is 9.18 Å². The van der Waals surface area contributed by atoms with Crippen LogP contribution in [-0.2, 0) is 4.74 Å². The smallest absolute Gasteiger partial charge is 0.410 e. The zero-order chi connectivity index (χ0) is 17.0. The van der Waals surface area contributed by atoms with Crippen molar-refractivity contribution >= 4 is 11.8 Å². The van der Waals surface area contributed by atoms with Crippen molar-refractivity contribution < 1.29 is 13.9 Å². The first-order valence-electron chi connectivity index (χ1n) is 8.26. The van der Waals surface area contributed by atoms with Gasteiger partial charge in [-0.2, -0.15) is 0 Å². The quantitative estimate of drug-likeness (QED) is 0.900. The van der Waals surface area contributed by atoms with Crippen molar-refractivity contribution in [3.63, 3.8) is 0 Å². The molecule has 0 bridgehead atoms. The van der Waals surface area contributed by atoms with Gasteiger partial charge in [0.05, 0.1) is 6.04 Å². The van der Waals surface area contributed by atoms with Gasteiger partial charge in [-0.1, -0.05) is 6.07 Å². The molecule has 1 heterocycles. The standard InChI is InChI=1S/C18H27FN2O2/c1-13-8-9-14(19)11-16(13)20-12-15-7-5-6-10-21(15)17(22)23-18(2,3)4/h8-9,11,15,20H,5-7,10,12H2,1-4H3. The molecule has 4 nitrogen and oxygen atoms in total. The Morgan fingerprint density at radius 2 is 2.13 bits per heavy atom. The molecule has 1 unspecified atom stereocenters. The van der Waals surface area contributed by atoms with Gasteiger partial charge in [0.25, 0.3) is 0 Å². The average Bonchev–Trinajstić information content (AvgIpc) is 2.47. The van der Waals surface area contributed by atoms with Crippen LogP contribution >= 0.6 is 0 Å². The molecule has 23 heavy (non-hydrogen) atoms. The Morgan fingerprint density at radius 3 is 2.83 bits per heavy atom. The van der Waals surface area contributed by atoms with E-state index in [1.165, 1.54) is 12.1 Å². The summed E-state index contributed by atoms with van der Waals surface area (Å²) in [6.45, 7) is 8.87. The third kappa shape index (κ3) is 5.12. The number of carbonyl (C=O) groups excluding carboxylic acids is 1. The van der Waals surface area contributed by atoms with Crippen LogP contribution in [0, 0.1) is 12.7 Å². The highest BCUT2D eigenvalue weighted by Gasteiger charge is 2.30. The molecule has 1 saturated heterocycles. The molecule has 1 aliphatic heterocycles. The Morgan fingerprint density at radius 1 is 1.39 bits per heavy atom. The largest absolute Gasteiger partial charge is 0.444 e. The van der Waals surface area contributed by atoms with Gasteiger partial charge in [0.1, 0.15) is 11.4 Å². The minimum absolute atomic E-state index is 0.0706. The van der Waals surface area contributed by atoms with Gasteiger partial charge in [0.15, 0.2) is 0 Å². The van der Waals surface area contributed by atoms with E-state index < -0.39 is 5.60 Å². The summed E-state index contributed by atoms with van der Waals surface area (Å²) in [4.78, 5) is 14.2. The second kappa shape index (κ2) is 7.20. The van der Waals surface area contributed by atoms with E-state index in [1.807, 2.05) is 27.7 Å². The minimum Gasteiger partial charge on any atom is -0.444 e. The first kappa shape index (κ1) is 17.6. The number of amides is 1. The number of aryl methyl sites for hydroxylation is 1. The number of nitrogens with one attached hydrogen (secondary N) is 1. The highest BCUT2D eigenvalue weighted by atomic mass is 19.1. The van der Waals surface area contributed by atoms with E-state index in [-0.39, 0.29) is 18.0 Å². The van der Waals surface area contributed by atoms with E-state index in [1.54, 1.807) is 11.0 Å². The zero-order valence-electron chi connectivity index (χ0n) is 14.5. The van der Waals surface area contributed by atoms with E-state index in [0.717, 1.165) is 30.5 Å². The van der Waals surface area contributed by atoms with Crippen LogP contribution in [0.15, 0.2) is 18.2 Å². The van der Waals surface area contributed by atoms with Crippen molar-refractivity contribution in [1.82, 2.24) is 4.90 Å². The van der Waals surface area contributed by atoms with Gasteiger partial charge in [-0.3, -0.25) is 0 Å². The number of halogens is 1. The minimum atomic E-state index is -0.494. The van der Waals surface area contributed by atoms with Gasteiger partial charge < -0.3 is 15.0 Å². The number of anilines is 1. The fourth-order valence-corrected chi connectivity index (χ4v) is 2.79. The summed E-state index contributed by atoms with van der Waals surface area (Å²) in [5.74, 6) is -0.259. The Labute approximate surface area is 138 Å². The SMILES string of the molecule is Cc1ccc(F)cc1NCC1CCCCN1C(=O)OC(C)(C)C. The zero-order valence-corrected chi connectivity index (χ0v) is 14.5. The normalized spacial score (nSPS) is 18.7. The molecule has 0 aliphatic carbocycles. The van der Waals surface area contributed by atoms with Crippen LogP contribution in [0.3, 0.4) is 0 Å². The molecular weight excluding hydrogens is 295 g/mol. The maximum absolute atomic E-state index is 13.4. The van der Waals surface area contributed by atoms with Gasteiger partial charge in [-0.25, -0.2) is 9.18 Å². The molecule has 0 radical (unpaired) electrons. The van der Waals surface area contributed by atoms with Crippen LogP contribution in [0.5, 0.6) is 0 Å². The molecule has 5 heteroatoms. The molecule has 1 fully saturated rings. The Kier molecular flexibility index (Phi) is 5.50. The summed E-state index contributed by atoms with van der Waals surface area (Å²) < 4.78 is 18.9. The van der Waals surface area contributed by atoms with Gasteiger partial charge in [0, 0.05) is 18.8 Å². The Balaban J connectivity index is 2.01. The number of nitrogens with zero attached hydrogens (tertiary/aromatic N) is 1. The highest BCUT2D eigenvalue weighted by Crippen LogP contribution is 2.22. The summed E-state index contributed by atoms with van der Waals surface area (Å²) >= 11 is 0. The van der Waals surface area contributed by atoms with Crippen molar-refractivity contribution in [2.75, 3.05) is 18.4 Å². The second-order valence-corrected chi connectivity index (χ2v) is 7.16. The maximum Gasteiger partial charge on any atom is 0.410 e. The van der Waals surface area contributed by atoms with Gasteiger partial charge in [-0.15, -0.1) is 0 Å². The molecule has 1 aromatic rings. The van der Waals surface area contributed by atoms with Crippen molar-refractivity contribution in [3.8, 4) is 0 Å². The number of carbonyl (C=O) groups is 1.